The molecule has 1 aliphatic heterocycles. The Labute approximate surface area is 62.7 Å². The van der Waals surface area contributed by atoms with Crippen LogP contribution in [0.2, 0.25) is 0 Å². The van der Waals surface area contributed by atoms with Crippen LogP contribution in [0, 0.1) is 0 Å². The van der Waals surface area contributed by atoms with E-state index in [2.05, 4.69) is 0 Å². The summed E-state index contributed by atoms with van der Waals surface area (Å²) in [6.45, 7) is 0.0900. The molecule has 1 rings (SSSR count). The Morgan fingerprint density at radius 3 is 2.80 bits per heavy atom. The lowest BCUT2D eigenvalue weighted by Crippen LogP contribution is -2.23. The van der Waals surface area contributed by atoms with E-state index in [1.165, 1.54) is 0 Å². The molecule has 1 saturated heterocycles. The smallest absolute Gasteiger partial charge is 0.335 e. The third-order valence-electron chi connectivity index (χ3n) is 1.15. The van der Waals surface area contributed by atoms with Crippen molar-refractivity contribution in [3.05, 3.63) is 0 Å². The summed E-state index contributed by atoms with van der Waals surface area (Å²) in [4.78, 5) is 10.2. The van der Waals surface area contributed by atoms with Crippen LogP contribution < -0.4 is 0 Å². The summed E-state index contributed by atoms with van der Waals surface area (Å²) in [5.41, 5.74) is 0. The standard InChI is InChI=1S/C5H7ClO4/c6-1-4-9-2-3(10-4)5(7)8/h3-4H,1-2H2,(H,7,8). The second-order valence-electron chi connectivity index (χ2n) is 1.88. The van der Waals surface area contributed by atoms with E-state index in [4.69, 9.17) is 26.2 Å². The van der Waals surface area contributed by atoms with E-state index in [-0.39, 0.29) is 12.5 Å². The summed E-state index contributed by atoms with van der Waals surface area (Å²) in [5.74, 6) is -0.836. The van der Waals surface area contributed by atoms with Crippen LogP contribution in [0.4, 0.5) is 0 Å². The Morgan fingerprint density at radius 1 is 1.80 bits per heavy atom. The number of carbonyl (C=O) groups is 1. The number of aliphatic carboxylic acids is 1. The number of carboxylic acid groups (broad SMARTS) is 1. The van der Waals surface area contributed by atoms with E-state index < -0.39 is 18.4 Å². The minimum absolute atomic E-state index is 0.0900. The molecule has 0 bridgehead atoms. The van der Waals surface area contributed by atoms with Crippen molar-refractivity contribution in [1.82, 2.24) is 0 Å². The summed E-state index contributed by atoms with van der Waals surface area (Å²) in [6, 6.07) is 0. The summed E-state index contributed by atoms with van der Waals surface area (Å²) in [5, 5.41) is 8.38. The molecule has 1 fully saturated rings. The molecule has 0 aromatic heterocycles. The van der Waals surface area contributed by atoms with E-state index in [1.54, 1.807) is 0 Å². The number of carboxylic acids is 1. The van der Waals surface area contributed by atoms with Crippen LogP contribution in [-0.2, 0) is 14.3 Å². The maximum absolute atomic E-state index is 10.2. The topological polar surface area (TPSA) is 55.8 Å². The van der Waals surface area contributed by atoms with Gasteiger partial charge in [-0.2, -0.15) is 0 Å². The van der Waals surface area contributed by atoms with Gasteiger partial charge in [-0.25, -0.2) is 4.79 Å². The zero-order valence-corrected chi connectivity index (χ0v) is 5.87. The van der Waals surface area contributed by atoms with Gasteiger partial charge >= 0.3 is 5.97 Å². The lowest BCUT2D eigenvalue weighted by atomic mass is 10.4. The van der Waals surface area contributed by atoms with Crippen molar-refractivity contribution in [2.75, 3.05) is 12.5 Å². The first-order chi connectivity index (χ1) is 4.74. The monoisotopic (exact) mass is 166 g/mol. The van der Waals surface area contributed by atoms with E-state index in [1.807, 2.05) is 0 Å². The number of rotatable bonds is 2. The van der Waals surface area contributed by atoms with Gasteiger partial charge in [-0.1, -0.05) is 0 Å². The van der Waals surface area contributed by atoms with Gasteiger partial charge in [0.15, 0.2) is 12.4 Å². The van der Waals surface area contributed by atoms with Crippen LogP contribution in [0.3, 0.4) is 0 Å². The van der Waals surface area contributed by atoms with Crippen LogP contribution in [0.1, 0.15) is 0 Å². The number of hydrogen-bond donors (Lipinski definition) is 1. The van der Waals surface area contributed by atoms with Crippen molar-refractivity contribution in [1.29, 1.82) is 0 Å². The highest BCUT2D eigenvalue weighted by molar-refractivity contribution is 6.18. The molecule has 10 heavy (non-hydrogen) atoms. The Bertz CT molecular complexity index is 138. The van der Waals surface area contributed by atoms with Crippen molar-refractivity contribution >= 4 is 17.6 Å². The summed E-state index contributed by atoms with van der Waals surface area (Å²) in [7, 11) is 0. The lowest BCUT2D eigenvalue weighted by Gasteiger charge is -2.03. The summed E-state index contributed by atoms with van der Waals surface area (Å²) in [6.07, 6.45) is -1.40. The van der Waals surface area contributed by atoms with Crippen LogP contribution >= 0.6 is 11.6 Å². The maximum atomic E-state index is 10.2. The molecule has 0 aliphatic carbocycles. The van der Waals surface area contributed by atoms with Gasteiger partial charge in [0.1, 0.15) is 0 Å². The number of hydrogen-bond acceptors (Lipinski definition) is 3. The molecule has 58 valence electrons. The number of ether oxygens (including phenoxy) is 2. The number of halogens is 1. The van der Waals surface area contributed by atoms with Crippen molar-refractivity contribution in [2.45, 2.75) is 12.4 Å². The highest BCUT2D eigenvalue weighted by Gasteiger charge is 2.30. The van der Waals surface area contributed by atoms with E-state index >= 15 is 0 Å². The van der Waals surface area contributed by atoms with Crippen LogP contribution in [0.5, 0.6) is 0 Å². The summed E-state index contributed by atoms with van der Waals surface area (Å²) < 4.78 is 9.66. The van der Waals surface area contributed by atoms with Gasteiger partial charge in [0.05, 0.1) is 12.5 Å². The minimum atomic E-state index is -1.01. The second-order valence-corrected chi connectivity index (χ2v) is 2.19. The molecule has 0 amide bonds. The second kappa shape index (κ2) is 3.18. The minimum Gasteiger partial charge on any atom is -0.479 e. The molecule has 0 spiro atoms. The maximum Gasteiger partial charge on any atom is 0.335 e. The highest BCUT2D eigenvalue weighted by atomic mass is 35.5. The first kappa shape index (κ1) is 7.78. The molecule has 1 N–H and O–H groups in total. The van der Waals surface area contributed by atoms with Crippen LogP contribution in [0.15, 0.2) is 0 Å². The van der Waals surface area contributed by atoms with Crippen molar-refractivity contribution in [3.63, 3.8) is 0 Å². The first-order valence-electron chi connectivity index (χ1n) is 2.80. The Morgan fingerprint density at radius 2 is 2.50 bits per heavy atom. The molecule has 2 atom stereocenters. The lowest BCUT2D eigenvalue weighted by molar-refractivity contribution is -0.149. The fourth-order valence-electron chi connectivity index (χ4n) is 0.667. The van der Waals surface area contributed by atoms with Gasteiger partial charge in [-0.3, -0.25) is 0 Å². The average molecular weight is 167 g/mol. The molecule has 1 heterocycles. The molecule has 5 heteroatoms. The Hall–Kier alpha value is -0.320. The SMILES string of the molecule is O=C(O)C1COC(CCl)O1. The van der Waals surface area contributed by atoms with E-state index in [0.29, 0.717) is 0 Å². The zero-order valence-electron chi connectivity index (χ0n) is 5.12. The fraction of sp³-hybridized carbons (Fsp3) is 0.800. The van der Waals surface area contributed by atoms with Gasteiger partial charge in [-0.15, -0.1) is 11.6 Å². The third kappa shape index (κ3) is 1.59. The van der Waals surface area contributed by atoms with Gasteiger partial charge in [0.2, 0.25) is 0 Å². The molecule has 0 aromatic rings. The number of alkyl halides is 1. The van der Waals surface area contributed by atoms with Gasteiger partial charge < -0.3 is 14.6 Å². The van der Waals surface area contributed by atoms with E-state index in [9.17, 15) is 4.79 Å². The predicted octanol–water partition coefficient (Wildman–Crippen LogP) is 0.0513. The molecule has 0 aromatic carbocycles. The molecular weight excluding hydrogens is 160 g/mol. The summed E-state index contributed by atoms with van der Waals surface area (Å²) >= 11 is 5.33. The van der Waals surface area contributed by atoms with Gasteiger partial charge in [0, 0.05) is 0 Å². The average Bonchev–Trinajstić information content (AvgIpc) is 2.34. The van der Waals surface area contributed by atoms with Crippen LogP contribution in [-0.4, -0.2) is 36.0 Å². The normalized spacial score (nSPS) is 32.5. The van der Waals surface area contributed by atoms with Crippen molar-refractivity contribution in [2.24, 2.45) is 0 Å². The largest absolute Gasteiger partial charge is 0.479 e. The van der Waals surface area contributed by atoms with Gasteiger partial charge in [0.25, 0.3) is 0 Å². The zero-order chi connectivity index (χ0) is 7.56. The first-order valence-corrected chi connectivity index (χ1v) is 3.33. The third-order valence-corrected chi connectivity index (χ3v) is 1.40. The van der Waals surface area contributed by atoms with Crippen molar-refractivity contribution < 1.29 is 19.4 Å². The molecule has 4 nitrogen and oxygen atoms in total. The molecule has 0 saturated carbocycles. The van der Waals surface area contributed by atoms with Crippen molar-refractivity contribution in [3.8, 4) is 0 Å². The molecule has 2 unspecified atom stereocenters. The fourth-order valence-corrected chi connectivity index (χ4v) is 0.829. The van der Waals surface area contributed by atoms with E-state index in [0.717, 1.165) is 0 Å². The van der Waals surface area contributed by atoms with Gasteiger partial charge in [-0.05, 0) is 0 Å². The van der Waals surface area contributed by atoms with Crippen LogP contribution in [0.25, 0.3) is 0 Å². The Kier molecular flexibility index (Phi) is 2.48. The quantitative estimate of drug-likeness (QED) is 0.589. The molecule has 1 aliphatic rings. The highest BCUT2D eigenvalue weighted by Crippen LogP contribution is 2.12. The predicted molar refractivity (Wildman–Crippen MR) is 33.0 cm³/mol. The Balaban J connectivity index is 2.35. The molecule has 0 radical (unpaired) electrons. The molecular formula is C5H7ClO4.